The van der Waals surface area contributed by atoms with Crippen molar-refractivity contribution in [2.75, 3.05) is 19.6 Å². The first kappa shape index (κ1) is 32.8. The van der Waals surface area contributed by atoms with E-state index < -0.39 is 42.0 Å². The number of carboxylic acid groups (broad SMARTS) is 1. The predicted molar refractivity (Wildman–Crippen MR) is 154 cm³/mol. The maximum atomic E-state index is 13.4. The molecule has 1 aromatic carbocycles. The van der Waals surface area contributed by atoms with Gasteiger partial charge in [0.05, 0.1) is 6.04 Å². The van der Waals surface area contributed by atoms with E-state index in [-0.39, 0.29) is 50.2 Å². The fourth-order valence-electron chi connectivity index (χ4n) is 4.32. The molecule has 1 fully saturated rings. The van der Waals surface area contributed by atoms with Crippen molar-refractivity contribution in [1.82, 2.24) is 21.3 Å². The molecule has 3 amide bonds. The van der Waals surface area contributed by atoms with E-state index in [9.17, 15) is 24.3 Å². The van der Waals surface area contributed by atoms with Crippen LogP contribution < -0.4 is 44.2 Å². The quantitative estimate of drug-likeness (QED) is 0.0542. The average Bonchev–Trinajstić information content (AvgIpc) is 3.47. The van der Waals surface area contributed by atoms with Crippen molar-refractivity contribution in [3.63, 3.8) is 0 Å². The van der Waals surface area contributed by atoms with Crippen molar-refractivity contribution in [3.05, 3.63) is 35.9 Å². The summed E-state index contributed by atoms with van der Waals surface area (Å²) in [5, 5.41) is 20.8. The number of carbonyl (C=O) groups is 4. The first-order chi connectivity index (χ1) is 19.6. The molecule has 1 saturated heterocycles. The lowest BCUT2D eigenvalue weighted by Gasteiger charge is -2.25. The lowest BCUT2D eigenvalue weighted by Crippen LogP contribution is -2.57. The molecule has 1 heterocycles. The van der Waals surface area contributed by atoms with Gasteiger partial charge in [-0.3, -0.25) is 24.4 Å². The summed E-state index contributed by atoms with van der Waals surface area (Å²) in [5.74, 6) is -3.04. The third-order valence-electron chi connectivity index (χ3n) is 6.43. The van der Waals surface area contributed by atoms with Crippen molar-refractivity contribution in [3.8, 4) is 0 Å². The second kappa shape index (κ2) is 17.3. The summed E-state index contributed by atoms with van der Waals surface area (Å²) in [6.07, 6.45) is 2.55. The van der Waals surface area contributed by atoms with E-state index in [0.29, 0.717) is 25.8 Å². The number of hydrogen-bond acceptors (Lipinski definition) is 7. The van der Waals surface area contributed by atoms with Crippen LogP contribution in [-0.2, 0) is 25.6 Å². The minimum Gasteiger partial charge on any atom is -0.480 e. The van der Waals surface area contributed by atoms with Gasteiger partial charge in [0.2, 0.25) is 17.7 Å². The zero-order valence-corrected chi connectivity index (χ0v) is 23.1. The van der Waals surface area contributed by atoms with Gasteiger partial charge in [0.15, 0.2) is 11.9 Å². The van der Waals surface area contributed by atoms with E-state index in [1.54, 1.807) is 30.3 Å². The average molecular weight is 575 g/mol. The number of guanidine groups is 2. The maximum absolute atomic E-state index is 13.4. The number of carbonyl (C=O) groups excluding carboxylic acids is 3. The fraction of sp³-hybridized carbons (Fsp3) is 0.538. The van der Waals surface area contributed by atoms with Gasteiger partial charge >= 0.3 is 5.97 Å². The Balaban J connectivity index is 2.17. The summed E-state index contributed by atoms with van der Waals surface area (Å²) in [5.41, 5.74) is 22.2. The van der Waals surface area contributed by atoms with E-state index in [2.05, 4.69) is 31.3 Å². The topological polar surface area (TPSA) is 265 Å². The molecule has 4 atom stereocenters. The van der Waals surface area contributed by atoms with Crippen LogP contribution in [0.1, 0.15) is 44.1 Å². The summed E-state index contributed by atoms with van der Waals surface area (Å²) in [6.45, 7) is 1.14. The Bertz CT molecular complexity index is 1070. The van der Waals surface area contributed by atoms with Crippen LogP contribution in [0, 0.1) is 0 Å². The first-order valence-electron chi connectivity index (χ1n) is 13.6. The van der Waals surface area contributed by atoms with Crippen molar-refractivity contribution in [1.29, 1.82) is 0 Å². The highest BCUT2D eigenvalue weighted by Gasteiger charge is 2.31. The summed E-state index contributed by atoms with van der Waals surface area (Å²) in [4.78, 5) is 59.2. The molecule has 0 radical (unpaired) electrons. The highest BCUT2D eigenvalue weighted by atomic mass is 16.4. The van der Waals surface area contributed by atoms with Crippen LogP contribution in [0.4, 0.5) is 0 Å². The largest absolute Gasteiger partial charge is 0.480 e. The number of carboxylic acids is 1. The molecular weight excluding hydrogens is 532 g/mol. The number of aliphatic imine (C=N–C) groups is 2. The highest BCUT2D eigenvalue weighted by molar-refractivity contribution is 5.94. The second-order valence-corrected chi connectivity index (χ2v) is 9.76. The SMILES string of the molecule is NC(N)=NCCCC(NC(=O)C(CCCN=C(N)N)NC(=O)C1CCCN1)C(=O)NC(Cc1ccccc1)C(=O)O. The Morgan fingerprint density at radius 1 is 0.854 bits per heavy atom. The summed E-state index contributed by atoms with van der Waals surface area (Å²) in [6, 6.07) is 5.10. The van der Waals surface area contributed by atoms with Crippen LogP contribution in [-0.4, -0.2) is 84.5 Å². The predicted octanol–water partition coefficient (Wildman–Crippen LogP) is -2.37. The van der Waals surface area contributed by atoms with E-state index in [0.717, 1.165) is 12.0 Å². The second-order valence-electron chi connectivity index (χ2n) is 9.76. The van der Waals surface area contributed by atoms with Gasteiger partial charge < -0.3 is 49.3 Å². The van der Waals surface area contributed by atoms with E-state index >= 15 is 0 Å². The Morgan fingerprint density at radius 3 is 1.88 bits per heavy atom. The van der Waals surface area contributed by atoms with E-state index in [1.807, 2.05) is 0 Å². The van der Waals surface area contributed by atoms with Crippen molar-refractivity contribution in [2.24, 2.45) is 32.9 Å². The molecule has 15 nitrogen and oxygen atoms in total. The van der Waals surface area contributed by atoms with Crippen molar-refractivity contribution in [2.45, 2.75) is 69.1 Å². The molecule has 0 aromatic heterocycles. The molecule has 2 rings (SSSR count). The molecule has 15 heteroatoms. The third-order valence-corrected chi connectivity index (χ3v) is 6.43. The Hall–Kier alpha value is -4.40. The lowest BCUT2D eigenvalue weighted by atomic mass is 10.0. The summed E-state index contributed by atoms with van der Waals surface area (Å²) >= 11 is 0. The zero-order chi connectivity index (χ0) is 30.2. The van der Waals surface area contributed by atoms with Crippen LogP contribution in [0.3, 0.4) is 0 Å². The molecule has 0 spiro atoms. The Kier molecular flexibility index (Phi) is 13.9. The van der Waals surface area contributed by atoms with Gasteiger partial charge in [-0.15, -0.1) is 0 Å². The van der Waals surface area contributed by atoms with Gasteiger partial charge in [-0.2, -0.15) is 0 Å². The molecule has 4 unspecified atom stereocenters. The van der Waals surface area contributed by atoms with Crippen LogP contribution in [0.15, 0.2) is 40.3 Å². The zero-order valence-electron chi connectivity index (χ0n) is 23.1. The number of nitrogens with two attached hydrogens (primary N) is 4. The van der Waals surface area contributed by atoms with Gasteiger partial charge in [0, 0.05) is 19.5 Å². The van der Waals surface area contributed by atoms with Gasteiger partial charge in [-0.1, -0.05) is 30.3 Å². The number of aliphatic carboxylic acids is 1. The highest BCUT2D eigenvalue weighted by Crippen LogP contribution is 2.09. The molecule has 41 heavy (non-hydrogen) atoms. The number of benzene rings is 1. The lowest BCUT2D eigenvalue weighted by molar-refractivity contribution is -0.142. The summed E-state index contributed by atoms with van der Waals surface area (Å²) < 4.78 is 0. The van der Waals surface area contributed by atoms with E-state index in [1.165, 1.54) is 0 Å². The molecule has 1 aliphatic rings. The van der Waals surface area contributed by atoms with Gasteiger partial charge in [-0.25, -0.2) is 4.79 Å². The number of amides is 3. The Labute approximate surface area is 239 Å². The smallest absolute Gasteiger partial charge is 0.326 e. The van der Waals surface area contributed by atoms with Crippen LogP contribution in [0.25, 0.3) is 0 Å². The number of nitrogens with one attached hydrogen (secondary N) is 4. The number of nitrogens with zero attached hydrogens (tertiary/aromatic N) is 2. The fourth-order valence-corrected chi connectivity index (χ4v) is 4.32. The maximum Gasteiger partial charge on any atom is 0.326 e. The molecule has 13 N–H and O–H groups in total. The number of rotatable bonds is 17. The molecule has 1 aromatic rings. The standard InChI is InChI=1S/C26H42N10O5/c27-25(28)32-13-5-10-18(34-21(37)17-9-4-12-31-17)22(38)35-19(11-6-14-33-26(29)30)23(39)36-20(24(40)41)15-16-7-2-1-3-8-16/h1-3,7-8,17-20,31H,4-6,9-15H2,(H,34,37)(H,35,38)(H,36,39)(H,40,41)(H4,27,28,32)(H4,29,30,33). The molecule has 0 bridgehead atoms. The molecule has 0 aliphatic carbocycles. The van der Waals surface area contributed by atoms with Crippen LogP contribution >= 0.6 is 0 Å². The monoisotopic (exact) mass is 574 g/mol. The third kappa shape index (κ3) is 12.5. The first-order valence-corrected chi connectivity index (χ1v) is 13.6. The van der Waals surface area contributed by atoms with E-state index in [4.69, 9.17) is 22.9 Å². The molecule has 0 saturated carbocycles. The Morgan fingerprint density at radius 2 is 1.39 bits per heavy atom. The normalized spacial score (nSPS) is 16.4. The molecular formula is C26H42N10O5. The van der Waals surface area contributed by atoms with Crippen molar-refractivity contribution >= 4 is 35.6 Å². The van der Waals surface area contributed by atoms with Gasteiger partial charge in [0.1, 0.15) is 18.1 Å². The van der Waals surface area contributed by atoms with Crippen molar-refractivity contribution < 1.29 is 24.3 Å². The molecule has 226 valence electrons. The van der Waals surface area contributed by atoms with Crippen LogP contribution in [0.2, 0.25) is 0 Å². The summed E-state index contributed by atoms with van der Waals surface area (Å²) in [7, 11) is 0. The van der Waals surface area contributed by atoms with Gasteiger partial charge in [0.25, 0.3) is 0 Å². The van der Waals surface area contributed by atoms with Gasteiger partial charge in [-0.05, 0) is 50.6 Å². The minimum atomic E-state index is -1.23. The molecule has 1 aliphatic heterocycles. The van der Waals surface area contributed by atoms with Crippen LogP contribution in [0.5, 0.6) is 0 Å². The minimum absolute atomic E-state index is 0.0500. The number of hydrogen-bond donors (Lipinski definition) is 9.